The number of hydrogen-bond acceptors (Lipinski definition) is 3. The van der Waals surface area contributed by atoms with Crippen LogP contribution in [0.2, 0.25) is 5.21 Å². The normalized spacial score (nSPS) is 14.2. The summed E-state index contributed by atoms with van der Waals surface area (Å²) in [5, 5.41) is 4.68. The number of hydrogen-bond donors (Lipinski definition) is 1. The van der Waals surface area contributed by atoms with E-state index >= 15 is 0 Å². The number of halogens is 1. The number of nitrogens with one attached hydrogen (secondary N) is 1. The van der Waals surface area contributed by atoms with E-state index in [1.807, 2.05) is 19.9 Å². The summed E-state index contributed by atoms with van der Waals surface area (Å²) in [6, 6.07) is 10.0. The number of benzene rings is 2. The topological polar surface area (TPSA) is 51.5 Å². The number of rotatable bonds is 7. The summed E-state index contributed by atoms with van der Waals surface area (Å²) in [5.74, 6) is 1.61. The second-order valence-electron chi connectivity index (χ2n) is 7.73. The van der Waals surface area contributed by atoms with Crippen molar-refractivity contribution in [1.82, 2.24) is 5.32 Å². The fraction of sp³-hybridized carbons (Fsp3) is 0.348. The van der Waals surface area contributed by atoms with Gasteiger partial charge in [0.15, 0.2) is 0 Å². The van der Waals surface area contributed by atoms with Crippen molar-refractivity contribution in [3.8, 4) is 17.1 Å². The van der Waals surface area contributed by atoms with Crippen LogP contribution in [0.3, 0.4) is 0 Å². The second kappa shape index (κ2) is 8.23. The van der Waals surface area contributed by atoms with Crippen molar-refractivity contribution >= 4 is 37.0 Å². The molecule has 29 heavy (non-hydrogen) atoms. The van der Waals surface area contributed by atoms with Gasteiger partial charge in [0, 0.05) is 0 Å². The van der Waals surface area contributed by atoms with Crippen molar-refractivity contribution in [1.29, 1.82) is 0 Å². The molecule has 1 heterocycles. The van der Waals surface area contributed by atoms with Crippen LogP contribution in [0.1, 0.15) is 37.0 Å². The van der Waals surface area contributed by atoms with E-state index in [9.17, 15) is 9.18 Å². The minimum atomic E-state index is -0.347. The van der Waals surface area contributed by atoms with E-state index in [2.05, 4.69) is 11.4 Å². The van der Waals surface area contributed by atoms with Crippen LogP contribution in [0, 0.1) is 11.7 Å². The van der Waals surface area contributed by atoms with E-state index in [1.165, 1.54) is 34.5 Å². The average Bonchev–Trinajstić information content (AvgIpc) is 3.45. The van der Waals surface area contributed by atoms with Gasteiger partial charge >= 0.3 is 176 Å². The molecule has 1 N–H and O–H groups in total. The standard InChI is InChI=1S/C23H25AsFNO3/c1-13(2)28-20-10-17-19(11-18(20)24-12-14-4-5-14)29-22(21(17)23(27)26-3)15-6-8-16(25)9-7-15/h6-11,13-14,24H,4-5,12H2,1-3H3,(H,26,27). The Labute approximate surface area is 176 Å². The van der Waals surface area contributed by atoms with Gasteiger partial charge in [-0.2, -0.15) is 0 Å². The molecule has 0 aliphatic heterocycles. The van der Waals surface area contributed by atoms with Crippen LogP contribution in [0.25, 0.3) is 22.3 Å². The molecule has 0 bridgehead atoms. The third kappa shape index (κ3) is 4.35. The maximum absolute atomic E-state index is 13.4. The number of ether oxygens (including phenoxy) is 1. The summed E-state index contributed by atoms with van der Waals surface area (Å²) < 4.78 is 26.9. The third-order valence-corrected chi connectivity index (χ3v) is 8.25. The summed E-state index contributed by atoms with van der Waals surface area (Å²) in [6.45, 7) is 4.02. The van der Waals surface area contributed by atoms with E-state index < -0.39 is 0 Å². The Hall–Kier alpha value is -2.26. The first-order valence-electron chi connectivity index (χ1n) is 9.95. The second-order valence-corrected chi connectivity index (χ2v) is 10.5. The third-order valence-electron chi connectivity index (χ3n) is 4.99. The predicted octanol–water partition coefficient (Wildman–Crippen LogP) is 4.28. The van der Waals surface area contributed by atoms with Gasteiger partial charge in [0.25, 0.3) is 0 Å². The van der Waals surface area contributed by atoms with Gasteiger partial charge in [0.1, 0.15) is 0 Å². The van der Waals surface area contributed by atoms with Gasteiger partial charge in [-0.05, 0) is 0 Å². The molecule has 0 saturated heterocycles. The molecular weight excluding hydrogens is 432 g/mol. The first-order chi connectivity index (χ1) is 14.0. The zero-order valence-electron chi connectivity index (χ0n) is 16.8. The Balaban J connectivity index is 1.86. The molecule has 0 radical (unpaired) electrons. The quantitative estimate of drug-likeness (QED) is 0.539. The van der Waals surface area contributed by atoms with Crippen LogP contribution < -0.4 is 14.4 Å². The molecule has 4 rings (SSSR count). The fourth-order valence-electron chi connectivity index (χ4n) is 3.34. The molecule has 2 aromatic carbocycles. The molecule has 3 aromatic rings. The van der Waals surface area contributed by atoms with E-state index in [0.717, 1.165) is 17.1 Å². The zero-order chi connectivity index (χ0) is 20.5. The van der Waals surface area contributed by atoms with E-state index in [1.54, 1.807) is 19.2 Å². The number of carbonyl (C=O) groups is 1. The van der Waals surface area contributed by atoms with Crippen LogP contribution in [0.15, 0.2) is 40.8 Å². The van der Waals surface area contributed by atoms with Crippen LogP contribution in [0.5, 0.6) is 5.75 Å². The molecule has 1 fully saturated rings. The summed E-state index contributed by atoms with van der Waals surface area (Å²) in [7, 11) is 1.59. The van der Waals surface area contributed by atoms with Crippen molar-refractivity contribution in [3.63, 3.8) is 0 Å². The van der Waals surface area contributed by atoms with Crippen molar-refractivity contribution in [2.24, 2.45) is 5.92 Å². The molecule has 152 valence electrons. The summed E-state index contributed by atoms with van der Waals surface area (Å²) in [6.07, 6.45) is 2.72. The monoisotopic (exact) mass is 457 g/mol. The summed E-state index contributed by atoms with van der Waals surface area (Å²) >= 11 is -0.347. The van der Waals surface area contributed by atoms with Crippen molar-refractivity contribution in [2.45, 2.75) is 38.0 Å². The first kappa shape index (κ1) is 20.0. The molecule has 1 amide bonds. The van der Waals surface area contributed by atoms with Gasteiger partial charge < -0.3 is 0 Å². The SMILES string of the molecule is CNC(=O)c1c(-c2ccc(F)cc2)oc2cc([AsH]CC3CC3)c(OC(C)C)cc12. The maximum atomic E-state index is 13.4. The molecule has 1 aliphatic carbocycles. The van der Waals surface area contributed by atoms with Gasteiger partial charge in [-0.1, -0.05) is 0 Å². The Morgan fingerprint density at radius 3 is 2.62 bits per heavy atom. The predicted molar refractivity (Wildman–Crippen MR) is 115 cm³/mol. The van der Waals surface area contributed by atoms with Crippen molar-refractivity contribution in [2.75, 3.05) is 7.05 Å². The number of amides is 1. The van der Waals surface area contributed by atoms with Gasteiger partial charge in [-0.15, -0.1) is 0 Å². The molecule has 1 aliphatic rings. The molecule has 6 heteroatoms. The zero-order valence-corrected chi connectivity index (χ0v) is 18.9. The van der Waals surface area contributed by atoms with Crippen molar-refractivity contribution in [3.05, 3.63) is 47.8 Å². The van der Waals surface area contributed by atoms with Gasteiger partial charge in [-0.3, -0.25) is 0 Å². The molecule has 1 unspecified atom stereocenters. The van der Waals surface area contributed by atoms with Crippen LogP contribution in [-0.2, 0) is 0 Å². The molecule has 1 aromatic heterocycles. The van der Waals surface area contributed by atoms with E-state index in [0.29, 0.717) is 22.5 Å². The molecular formula is C23H25AsFNO3. The first-order valence-corrected chi connectivity index (χ1v) is 12.5. The van der Waals surface area contributed by atoms with Crippen LogP contribution >= 0.6 is 0 Å². The summed E-state index contributed by atoms with van der Waals surface area (Å²) in [4.78, 5) is 12.7. The Kier molecular flexibility index (Phi) is 5.69. The van der Waals surface area contributed by atoms with Crippen LogP contribution in [-0.4, -0.2) is 34.8 Å². The van der Waals surface area contributed by atoms with Crippen molar-refractivity contribution < 1.29 is 18.3 Å². The van der Waals surface area contributed by atoms with E-state index in [-0.39, 0.29) is 33.6 Å². The Bertz CT molecular complexity index is 1040. The molecule has 1 saturated carbocycles. The Morgan fingerprint density at radius 2 is 2.00 bits per heavy atom. The minimum absolute atomic E-state index is 0.0469. The van der Waals surface area contributed by atoms with Gasteiger partial charge in [0.05, 0.1) is 0 Å². The molecule has 1 atom stereocenters. The average molecular weight is 457 g/mol. The number of furan rings is 1. The fourth-order valence-corrected chi connectivity index (χ4v) is 6.40. The number of carbonyl (C=O) groups excluding carboxylic acids is 1. The molecule has 4 nitrogen and oxygen atoms in total. The van der Waals surface area contributed by atoms with Gasteiger partial charge in [-0.25, -0.2) is 0 Å². The summed E-state index contributed by atoms with van der Waals surface area (Å²) in [5.41, 5.74) is 1.80. The van der Waals surface area contributed by atoms with E-state index in [4.69, 9.17) is 9.15 Å². The van der Waals surface area contributed by atoms with Gasteiger partial charge in [0.2, 0.25) is 0 Å². The van der Waals surface area contributed by atoms with Crippen LogP contribution in [0.4, 0.5) is 4.39 Å². The Morgan fingerprint density at radius 1 is 1.28 bits per heavy atom. The number of fused-ring (bicyclic) bond motifs is 1. The molecule has 0 spiro atoms.